The Bertz CT molecular complexity index is 470. The van der Waals surface area contributed by atoms with E-state index < -0.39 is 0 Å². The first-order valence-electron chi connectivity index (χ1n) is 6.07. The number of rotatable bonds is 6. The van der Waals surface area contributed by atoms with E-state index in [-0.39, 0.29) is 12.6 Å². The standard InChI is InChI=1S/C14H18N2OS/c1-11-10-18-14(16-11)8-15-13(9-17)7-12-5-3-2-4-6-12/h2-6,10,13,15,17H,7-9H2,1H3/t13-/m0/s1. The normalized spacial score (nSPS) is 12.6. The zero-order valence-electron chi connectivity index (χ0n) is 10.5. The molecule has 96 valence electrons. The van der Waals surface area contributed by atoms with E-state index in [1.807, 2.05) is 30.5 Å². The van der Waals surface area contributed by atoms with Crippen molar-refractivity contribution in [1.29, 1.82) is 0 Å². The van der Waals surface area contributed by atoms with Gasteiger partial charge in [-0.1, -0.05) is 30.3 Å². The van der Waals surface area contributed by atoms with Gasteiger partial charge in [0, 0.05) is 23.7 Å². The molecule has 0 radical (unpaired) electrons. The first kappa shape index (κ1) is 13.2. The van der Waals surface area contributed by atoms with Crippen LogP contribution in [0, 0.1) is 6.92 Å². The Morgan fingerprint density at radius 2 is 2.11 bits per heavy atom. The third-order valence-corrected chi connectivity index (χ3v) is 3.72. The van der Waals surface area contributed by atoms with Gasteiger partial charge in [0.15, 0.2) is 0 Å². The molecule has 0 fully saturated rings. The average molecular weight is 262 g/mol. The van der Waals surface area contributed by atoms with Gasteiger partial charge in [0.25, 0.3) is 0 Å². The molecule has 0 unspecified atom stereocenters. The molecule has 1 heterocycles. The Balaban J connectivity index is 1.86. The number of thiazole rings is 1. The molecule has 0 amide bonds. The summed E-state index contributed by atoms with van der Waals surface area (Å²) >= 11 is 1.65. The average Bonchev–Trinajstić information content (AvgIpc) is 2.81. The lowest BCUT2D eigenvalue weighted by atomic mass is 10.1. The topological polar surface area (TPSA) is 45.1 Å². The summed E-state index contributed by atoms with van der Waals surface area (Å²) in [5.74, 6) is 0. The predicted octanol–water partition coefficient (Wildman–Crippen LogP) is 2.14. The van der Waals surface area contributed by atoms with Crippen molar-refractivity contribution in [3.05, 3.63) is 52.0 Å². The molecule has 0 bridgehead atoms. The van der Waals surface area contributed by atoms with Crippen LogP contribution in [0.3, 0.4) is 0 Å². The highest BCUT2D eigenvalue weighted by Gasteiger charge is 2.08. The molecule has 18 heavy (non-hydrogen) atoms. The quantitative estimate of drug-likeness (QED) is 0.838. The number of aryl methyl sites for hydroxylation is 1. The van der Waals surface area contributed by atoms with Gasteiger partial charge in [-0.2, -0.15) is 0 Å². The number of nitrogens with one attached hydrogen (secondary N) is 1. The second kappa shape index (κ2) is 6.64. The summed E-state index contributed by atoms with van der Waals surface area (Å²) in [6.45, 7) is 2.85. The Hall–Kier alpha value is -1.23. The first-order valence-corrected chi connectivity index (χ1v) is 6.95. The van der Waals surface area contributed by atoms with Crippen LogP contribution in [0.1, 0.15) is 16.3 Å². The number of aromatic nitrogens is 1. The molecule has 1 atom stereocenters. The first-order chi connectivity index (χ1) is 8.78. The number of hydrogen-bond donors (Lipinski definition) is 2. The fraction of sp³-hybridized carbons (Fsp3) is 0.357. The van der Waals surface area contributed by atoms with Gasteiger partial charge in [0.1, 0.15) is 5.01 Å². The van der Waals surface area contributed by atoms with Crippen molar-refractivity contribution in [3.63, 3.8) is 0 Å². The Kier molecular flexibility index (Phi) is 4.87. The smallest absolute Gasteiger partial charge is 0.107 e. The third-order valence-electron chi connectivity index (χ3n) is 2.75. The van der Waals surface area contributed by atoms with Crippen molar-refractivity contribution in [2.75, 3.05) is 6.61 Å². The fourth-order valence-electron chi connectivity index (χ4n) is 1.82. The minimum absolute atomic E-state index is 0.0802. The van der Waals surface area contributed by atoms with Crippen molar-refractivity contribution >= 4 is 11.3 Å². The minimum Gasteiger partial charge on any atom is -0.395 e. The van der Waals surface area contributed by atoms with Gasteiger partial charge in [-0.3, -0.25) is 0 Å². The van der Waals surface area contributed by atoms with E-state index in [1.165, 1.54) is 5.56 Å². The van der Waals surface area contributed by atoms with Crippen LogP contribution in [0.4, 0.5) is 0 Å². The van der Waals surface area contributed by atoms with E-state index in [2.05, 4.69) is 22.4 Å². The summed E-state index contributed by atoms with van der Waals surface area (Å²) in [5.41, 5.74) is 2.29. The molecule has 1 aromatic heterocycles. The highest BCUT2D eigenvalue weighted by Crippen LogP contribution is 2.09. The molecule has 0 aliphatic heterocycles. The lowest BCUT2D eigenvalue weighted by Gasteiger charge is -2.15. The molecule has 0 spiro atoms. The van der Waals surface area contributed by atoms with Gasteiger partial charge >= 0.3 is 0 Å². The van der Waals surface area contributed by atoms with E-state index in [1.54, 1.807) is 11.3 Å². The maximum atomic E-state index is 9.39. The molecular formula is C14H18N2OS. The van der Waals surface area contributed by atoms with E-state index >= 15 is 0 Å². The summed E-state index contributed by atoms with van der Waals surface area (Å²) < 4.78 is 0. The molecule has 0 aliphatic rings. The molecule has 2 N–H and O–H groups in total. The fourth-order valence-corrected chi connectivity index (χ4v) is 2.54. The molecule has 3 nitrogen and oxygen atoms in total. The number of aliphatic hydroxyl groups is 1. The molecule has 4 heteroatoms. The highest BCUT2D eigenvalue weighted by molar-refractivity contribution is 7.09. The summed E-state index contributed by atoms with van der Waals surface area (Å²) in [4.78, 5) is 4.40. The van der Waals surface area contributed by atoms with E-state index in [9.17, 15) is 5.11 Å². The minimum atomic E-state index is 0.0802. The van der Waals surface area contributed by atoms with Crippen LogP contribution in [0.2, 0.25) is 0 Å². The van der Waals surface area contributed by atoms with Crippen molar-refractivity contribution in [2.45, 2.75) is 25.9 Å². The number of hydrogen-bond acceptors (Lipinski definition) is 4. The summed E-state index contributed by atoms with van der Waals surface area (Å²) in [6, 6.07) is 10.3. The van der Waals surface area contributed by atoms with Crippen LogP contribution in [-0.2, 0) is 13.0 Å². The van der Waals surface area contributed by atoms with Crippen LogP contribution in [0.25, 0.3) is 0 Å². The Labute approximate surface area is 112 Å². The van der Waals surface area contributed by atoms with E-state index in [4.69, 9.17) is 0 Å². The molecule has 1 aromatic carbocycles. The van der Waals surface area contributed by atoms with Gasteiger partial charge in [-0.25, -0.2) is 4.98 Å². The molecule has 0 aliphatic carbocycles. The molecular weight excluding hydrogens is 244 g/mol. The summed E-state index contributed by atoms with van der Waals surface area (Å²) in [7, 11) is 0. The summed E-state index contributed by atoms with van der Waals surface area (Å²) in [6.07, 6.45) is 0.835. The highest BCUT2D eigenvalue weighted by atomic mass is 32.1. The van der Waals surface area contributed by atoms with Crippen LogP contribution < -0.4 is 5.32 Å². The van der Waals surface area contributed by atoms with Crippen LogP contribution in [0.15, 0.2) is 35.7 Å². The van der Waals surface area contributed by atoms with Crippen LogP contribution in [-0.4, -0.2) is 22.7 Å². The van der Waals surface area contributed by atoms with Crippen LogP contribution >= 0.6 is 11.3 Å². The van der Waals surface area contributed by atoms with E-state index in [0.29, 0.717) is 0 Å². The third kappa shape index (κ3) is 3.91. The molecule has 0 saturated heterocycles. The Morgan fingerprint density at radius 3 is 2.72 bits per heavy atom. The SMILES string of the molecule is Cc1csc(CN[C@H](CO)Cc2ccccc2)n1. The lowest BCUT2D eigenvalue weighted by Crippen LogP contribution is -2.34. The van der Waals surface area contributed by atoms with Gasteiger partial charge in [0.2, 0.25) is 0 Å². The summed E-state index contributed by atoms with van der Waals surface area (Å²) in [5, 5.41) is 15.8. The van der Waals surface area contributed by atoms with Crippen molar-refractivity contribution in [3.8, 4) is 0 Å². The Morgan fingerprint density at radius 1 is 1.33 bits per heavy atom. The van der Waals surface area contributed by atoms with E-state index in [0.717, 1.165) is 23.7 Å². The van der Waals surface area contributed by atoms with Gasteiger partial charge < -0.3 is 10.4 Å². The monoisotopic (exact) mass is 262 g/mol. The van der Waals surface area contributed by atoms with Crippen molar-refractivity contribution in [1.82, 2.24) is 10.3 Å². The predicted molar refractivity (Wildman–Crippen MR) is 74.7 cm³/mol. The molecule has 2 rings (SSSR count). The van der Waals surface area contributed by atoms with Crippen molar-refractivity contribution in [2.24, 2.45) is 0 Å². The molecule has 2 aromatic rings. The van der Waals surface area contributed by atoms with Gasteiger partial charge in [-0.15, -0.1) is 11.3 Å². The maximum Gasteiger partial charge on any atom is 0.107 e. The van der Waals surface area contributed by atoms with Gasteiger partial charge in [0.05, 0.1) is 6.61 Å². The van der Waals surface area contributed by atoms with Crippen molar-refractivity contribution < 1.29 is 5.11 Å². The zero-order chi connectivity index (χ0) is 12.8. The lowest BCUT2D eigenvalue weighted by molar-refractivity contribution is 0.240. The second-order valence-electron chi connectivity index (χ2n) is 4.33. The number of benzene rings is 1. The maximum absolute atomic E-state index is 9.39. The zero-order valence-corrected chi connectivity index (χ0v) is 11.3. The number of nitrogens with zero attached hydrogens (tertiary/aromatic N) is 1. The molecule has 0 saturated carbocycles. The largest absolute Gasteiger partial charge is 0.395 e. The van der Waals surface area contributed by atoms with Gasteiger partial charge in [-0.05, 0) is 18.9 Å². The number of aliphatic hydroxyl groups excluding tert-OH is 1. The second-order valence-corrected chi connectivity index (χ2v) is 5.28. The van der Waals surface area contributed by atoms with Crippen LogP contribution in [0.5, 0.6) is 0 Å².